The Bertz CT molecular complexity index is 454. The van der Waals surface area contributed by atoms with Crippen molar-refractivity contribution in [1.29, 1.82) is 0 Å². The molecule has 0 aliphatic carbocycles. The maximum atomic E-state index is 12.3. The zero-order valence-electron chi connectivity index (χ0n) is 15.4. The third-order valence-corrected chi connectivity index (χ3v) is 3.75. The number of amides is 3. The van der Waals surface area contributed by atoms with Crippen molar-refractivity contribution in [1.82, 2.24) is 10.6 Å². The summed E-state index contributed by atoms with van der Waals surface area (Å²) in [4.78, 5) is 46.6. The van der Waals surface area contributed by atoms with Gasteiger partial charge >= 0.3 is 5.97 Å². The highest BCUT2D eigenvalue weighted by Gasteiger charge is 2.24. The van der Waals surface area contributed by atoms with Crippen molar-refractivity contribution in [3.63, 3.8) is 0 Å². The van der Waals surface area contributed by atoms with Crippen LogP contribution in [-0.2, 0) is 23.9 Å². The van der Waals surface area contributed by atoms with Gasteiger partial charge in [0, 0.05) is 12.8 Å². The Morgan fingerprint density at radius 2 is 1.64 bits per heavy atom. The van der Waals surface area contributed by atoms with E-state index in [1.54, 1.807) is 0 Å². The standard InChI is InChI=1S/C17H31N3O5/c1-4-5-6-7-8-9-15(22)20-13(10-11-14(18)21)16(23)19-12(2)17(24)25-3/h12-13H,4-11H2,1-3H3,(H2,18,21)(H,19,23)(H,20,22). The number of unbranched alkanes of at least 4 members (excludes halogenated alkanes) is 4. The summed E-state index contributed by atoms with van der Waals surface area (Å²) < 4.78 is 4.54. The minimum absolute atomic E-state index is 0.0402. The lowest BCUT2D eigenvalue weighted by molar-refractivity contribution is -0.144. The second-order valence-electron chi connectivity index (χ2n) is 6.04. The molecule has 3 amide bonds. The van der Waals surface area contributed by atoms with Crippen molar-refractivity contribution in [3.8, 4) is 0 Å². The third-order valence-electron chi connectivity index (χ3n) is 3.75. The van der Waals surface area contributed by atoms with Gasteiger partial charge in [0.25, 0.3) is 0 Å². The largest absolute Gasteiger partial charge is 0.467 e. The molecule has 8 nitrogen and oxygen atoms in total. The zero-order chi connectivity index (χ0) is 19.2. The Morgan fingerprint density at radius 1 is 1.00 bits per heavy atom. The van der Waals surface area contributed by atoms with Crippen LogP contribution >= 0.6 is 0 Å². The van der Waals surface area contributed by atoms with Gasteiger partial charge in [-0.3, -0.25) is 14.4 Å². The predicted octanol–water partition coefficient (Wildman–Crippen LogP) is 0.775. The van der Waals surface area contributed by atoms with E-state index in [0.29, 0.717) is 6.42 Å². The van der Waals surface area contributed by atoms with Crippen molar-refractivity contribution < 1.29 is 23.9 Å². The van der Waals surface area contributed by atoms with Crippen LogP contribution in [0.1, 0.15) is 65.2 Å². The SMILES string of the molecule is CCCCCCCC(=O)NC(CCC(N)=O)C(=O)NC(C)C(=O)OC. The highest BCUT2D eigenvalue weighted by molar-refractivity contribution is 5.91. The Kier molecular flexibility index (Phi) is 12.1. The molecule has 0 saturated heterocycles. The topological polar surface area (TPSA) is 128 Å². The van der Waals surface area contributed by atoms with Crippen LogP contribution in [0.3, 0.4) is 0 Å². The number of nitrogens with one attached hydrogen (secondary N) is 2. The molecule has 0 aromatic rings. The van der Waals surface area contributed by atoms with Crippen LogP contribution in [0.2, 0.25) is 0 Å². The highest BCUT2D eigenvalue weighted by atomic mass is 16.5. The monoisotopic (exact) mass is 357 g/mol. The van der Waals surface area contributed by atoms with Crippen LogP contribution in [0.5, 0.6) is 0 Å². The maximum absolute atomic E-state index is 12.3. The second kappa shape index (κ2) is 13.2. The quantitative estimate of drug-likeness (QED) is 0.331. The molecule has 2 atom stereocenters. The molecular formula is C17H31N3O5. The number of ether oxygens (including phenoxy) is 1. The van der Waals surface area contributed by atoms with Gasteiger partial charge in [-0.05, 0) is 19.8 Å². The molecule has 0 bridgehead atoms. The van der Waals surface area contributed by atoms with Gasteiger partial charge in [-0.15, -0.1) is 0 Å². The van der Waals surface area contributed by atoms with E-state index in [0.717, 1.165) is 32.1 Å². The Balaban J connectivity index is 4.54. The van der Waals surface area contributed by atoms with E-state index >= 15 is 0 Å². The molecule has 0 fully saturated rings. The van der Waals surface area contributed by atoms with E-state index in [4.69, 9.17) is 5.73 Å². The summed E-state index contributed by atoms with van der Waals surface area (Å²) in [5.41, 5.74) is 5.11. The van der Waals surface area contributed by atoms with E-state index in [2.05, 4.69) is 22.3 Å². The number of hydrogen-bond donors (Lipinski definition) is 3. The van der Waals surface area contributed by atoms with Crippen LogP contribution < -0.4 is 16.4 Å². The van der Waals surface area contributed by atoms with Crippen LogP contribution in [-0.4, -0.2) is 42.9 Å². The molecule has 0 aliphatic heterocycles. The number of esters is 1. The summed E-state index contributed by atoms with van der Waals surface area (Å²) in [5, 5.41) is 5.08. The highest BCUT2D eigenvalue weighted by Crippen LogP contribution is 2.06. The van der Waals surface area contributed by atoms with Crippen LogP contribution in [0.15, 0.2) is 0 Å². The van der Waals surface area contributed by atoms with Gasteiger partial charge in [-0.2, -0.15) is 0 Å². The lowest BCUT2D eigenvalue weighted by Gasteiger charge is -2.20. The smallest absolute Gasteiger partial charge is 0.328 e. The van der Waals surface area contributed by atoms with Crippen molar-refractivity contribution in [3.05, 3.63) is 0 Å². The minimum atomic E-state index is -0.914. The maximum Gasteiger partial charge on any atom is 0.328 e. The van der Waals surface area contributed by atoms with Crippen molar-refractivity contribution in [2.24, 2.45) is 5.73 Å². The predicted molar refractivity (Wildman–Crippen MR) is 93.4 cm³/mol. The normalized spacial score (nSPS) is 12.8. The molecule has 144 valence electrons. The molecule has 2 unspecified atom stereocenters. The van der Waals surface area contributed by atoms with E-state index < -0.39 is 29.9 Å². The molecule has 0 heterocycles. The van der Waals surface area contributed by atoms with Crippen LogP contribution in [0.4, 0.5) is 0 Å². The molecule has 4 N–H and O–H groups in total. The fourth-order valence-electron chi connectivity index (χ4n) is 2.26. The number of carbonyl (C=O) groups excluding carboxylic acids is 4. The molecule has 0 aromatic heterocycles. The zero-order valence-corrected chi connectivity index (χ0v) is 15.4. The van der Waals surface area contributed by atoms with Gasteiger partial charge in [-0.25, -0.2) is 4.79 Å². The third kappa shape index (κ3) is 11.1. The summed E-state index contributed by atoms with van der Waals surface area (Å²) in [6, 6.07) is -1.76. The number of primary amides is 1. The summed E-state index contributed by atoms with van der Waals surface area (Å²) in [6.45, 7) is 3.59. The van der Waals surface area contributed by atoms with E-state index in [9.17, 15) is 19.2 Å². The Morgan fingerprint density at radius 3 is 2.20 bits per heavy atom. The van der Waals surface area contributed by atoms with E-state index in [1.807, 2.05) is 0 Å². The first-order valence-electron chi connectivity index (χ1n) is 8.77. The average molecular weight is 357 g/mol. The number of nitrogens with two attached hydrogens (primary N) is 1. The van der Waals surface area contributed by atoms with E-state index in [1.165, 1.54) is 14.0 Å². The van der Waals surface area contributed by atoms with Gasteiger partial charge < -0.3 is 21.1 Å². The number of methoxy groups -OCH3 is 1. The number of hydrogen-bond acceptors (Lipinski definition) is 5. The molecule has 0 spiro atoms. The summed E-state index contributed by atoms with van der Waals surface area (Å²) in [7, 11) is 1.22. The lowest BCUT2D eigenvalue weighted by atomic mass is 10.1. The molecule has 0 aliphatic rings. The first-order valence-corrected chi connectivity index (χ1v) is 8.77. The molecular weight excluding hydrogens is 326 g/mol. The Labute approximate surface area is 149 Å². The molecule has 0 aromatic carbocycles. The average Bonchev–Trinajstić information content (AvgIpc) is 2.57. The molecule has 0 saturated carbocycles. The first kappa shape index (κ1) is 22.9. The molecule has 0 radical (unpaired) electrons. The van der Waals surface area contributed by atoms with Gasteiger partial charge in [0.15, 0.2) is 0 Å². The lowest BCUT2D eigenvalue weighted by Crippen LogP contribution is -2.51. The molecule has 25 heavy (non-hydrogen) atoms. The van der Waals surface area contributed by atoms with E-state index in [-0.39, 0.29) is 18.7 Å². The fourth-order valence-corrected chi connectivity index (χ4v) is 2.26. The van der Waals surface area contributed by atoms with Gasteiger partial charge in [-0.1, -0.05) is 32.6 Å². The van der Waals surface area contributed by atoms with Gasteiger partial charge in [0.2, 0.25) is 17.7 Å². The minimum Gasteiger partial charge on any atom is -0.467 e. The molecule has 8 heteroatoms. The van der Waals surface area contributed by atoms with Gasteiger partial charge in [0.05, 0.1) is 7.11 Å². The number of carbonyl (C=O) groups is 4. The van der Waals surface area contributed by atoms with Crippen molar-refractivity contribution in [2.45, 2.75) is 77.3 Å². The van der Waals surface area contributed by atoms with Crippen molar-refractivity contribution in [2.75, 3.05) is 7.11 Å². The van der Waals surface area contributed by atoms with Crippen LogP contribution in [0.25, 0.3) is 0 Å². The second-order valence-corrected chi connectivity index (χ2v) is 6.04. The fraction of sp³-hybridized carbons (Fsp3) is 0.765. The van der Waals surface area contributed by atoms with Crippen LogP contribution in [0, 0.1) is 0 Å². The first-order chi connectivity index (χ1) is 11.8. The summed E-state index contributed by atoms with van der Waals surface area (Å²) >= 11 is 0. The number of rotatable bonds is 13. The summed E-state index contributed by atoms with van der Waals surface area (Å²) in [5.74, 6) is -1.96. The molecule has 0 rings (SSSR count). The summed E-state index contributed by atoms with van der Waals surface area (Å²) in [6.07, 6.45) is 5.39. The van der Waals surface area contributed by atoms with Gasteiger partial charge in [0.1, 0.15) is 12.1 Å². The van der Waals surface area contributed by atoms with Crippen molar-refractivity contribution >= 4 is 23.7 Å². The Hall–Kier alpha value is -2.12.